The first kappa shape index (κ1) is 14.5. The minimum atomic E-state index is -0.0445. The Morgan fingerprint density at radius 1 is 1.45 bits per heavy atom. The first-order chi connectivity index (χ1) is 10.7. The van der Waals surface area contributed by atoms with E-state index in [0.717, 1.165) is 31.6 Å². The van der Waals surface area contributed by atoms with E-state index in [1.165, 1.54) is 0 Å². The molecule has 0 aliphatic carbocycles. The van der Waals surface area contributed by atoms with Crippen LogP contribution in [0.3, 0.4) is 0 Å². The van der Waals surface area contributed by atoms with Gasteiger partial charge in [0.1, 0.15) is 5.76 Å². The van der Waals surface area contributed by atoms with Crippen molar-refractivity contribution in [1.29, 1.82) is 0 Å². The van der Waals surface area contributed by atoms with E-state index >= 15 is 0 Å². The Kier molecular flexibility index (Phi) is 4.32. The smallest absolute Gasteiger partial charge is 0.228 e. The first-order valence-corrected chi connectivity index (χ1v) is 7.44. The Balaban J connectivity index is 1.55. The summed E-state index contributed by atoms with van der Waals surface area (Å²) < 4.78 is 5.07. The summed E-state index contributed by atoms with van der Waals surface area (Å²) >= 11 is 0. The number of hydrogen-bond donors (Lipinski definition) is 1. The lowest BCUT2D eigenvalue weighted by molar-refractivity contribution is -0.121. The molecule has 0 saturated carbocycles. The number of anilines is 1. The van der Waals surface area contributed by atoms with E-state index in [-0.39, 0.29) is 18.4 Å². The Morgan fingerprint density at radius 2 is 2.27 bits per heavy atom. The van der Waals surface area contributed by atoms with Crippen molar-refractivity contribution < 1.29 is 9.32 Å². The molecule has 3 heterocycles. The van der Waals surface area contributed by atoms with Gasteiger partial charge in [-0.15, -0.1) is 0 Å². The van der Waals surface area contributed by atoms with Crippen LogP contribution in [0.5, 0.6) is 0 Å². The lowest BCUT2D eigenvalue weighted by atomic mass is 10.1. The van der Waals surface area contributed by atoms with Gasteiger partial charge in [-0.25, -0.2) is 9.97 Å². The van der Waals surface area contributed by atoms with Crippen molar-refractivity contribution in [3.05, 3.63) is 36.0 Å². The minimum Gasteiger partial charge on any atom is -0.361 e. The summed E-state index contributed by atoms with van der Waals surface area (Å²) in [6.45, 7) is 3.48. The highest BCUT2D eigenvalue weighted by Crippen LogP contribution is 2.15. The highest BCUT2D eigenvalue weighted by Gasteiger charge is 2.23. The van der Waals surface area contributed by atoms with E-state index in [1.54, 1.807) is 24.5 Å². The van der Waals surface area contributed by atoms with Crippen LogP contribution in [0.1, 0.15) is 24.3 Å². The normalized spacial score (nSPS) is 18.2. The van der Waals surface area contributed by atoms with Gasteiger partial charge in [0.2, 0.25) is 11.9 Å². The number of nitrogens with zero attached hydrogens (tertiary/aromatic N) is 4. The number of amides is 1. The van der Waals surface area contributed by atoms with E-state index in [2.05, 4.69) is 25.3 Å². The quantitative estimate of drug-likeness (QED) is 0.910. The highest BCUT2D eigenvalue weighted by molar-refractivity contribution is 5.78. The molecule has 22 heavy (non-hydrogen) atoms. The number of carbonyl (C=O) groups is 1. The predicted molar refractivity (Wildman–Crippen MR) is 80.4 cm³/mol. The number of aryl methyl sites for hydroxylation is 1. The topological polar surface area (TPSA) is 84.2 Å². The van der Waals surface area contributed by atoms with Crippen LogP contribution in [-0.4, -0.2) is 40.2 Å². The van der Waals surface area contributed by atoms with Gasteiger partial charge < -0.3 is 14.7 Å². The summed E-state index contributed by atoms with van der Waals surface area (Å²) in [6, 6.07) is 3.69. The Labute approximate surface area is 128 Å². The molecule has 0 bridgehead atoms. The van der Waals surface area contributed by atoms with Gasteiger partial charge in [0.15, 0.2) is 0 Å². The molecule has 1 fully saturated rings. The maximum Gasteiger partial charge on any atom is 0.228 e. The number of piperidine rings is 1. The van der Waals surface area contributed by atoms with Crippen molar-refractivity contribution in [2.45, 2.75) is 32.2 Å². The van der Waals surface area contributed by atoms with Gasteiger partial charge in [-0.3, -0.25) is 4.79 Å². The fourth-order valence-corrected chi connectivity index (χ4v) is 2.67. The lowest BCUT2D eigenvalue weighted by Gasteiger charge is -2.33. The van der Waals surface area contributed by atoms with Crippen LogP contribution >= 0.6 is 0 Å². The maximum atomic E-state index is 12.1. The molecule has 7 nitrogen and oxygen atoms in total. The van der Waals surface area contributed by atoms with Crippen molar-refractivity contribution in [2.24, 2.45) is 0 Å². The third-order valence-electron chi connectivity index (χ3n) is 3.63. The molecule has 1 aliphatic heterocycles. The van der Waals surface area contributed by atoms with Crippen molar-refractivity contribution in [2.75, 3.05) is 18.0 Å². The fourth-order valence-electron chi connectivity index (χ4n) is 2.67. The molecule has 3 rings (SSSR count). The average Bonchev–Trinajstić information content (AvgIpc) is 2.93. The van der Waals surface area contributed by atoms with Crippen LogP contribution in [0.2, 0.25) is 0 Å². The van der Waals surface area contributed by atoms with E-state index in [1.807, 2.05) is 6.92 Å². The summed E-state index contributed by atoms with van der Waals surface area (Å²) in [6.07, 6.45) is 5.65. The van der Waals surface area contributed by atoms with Gasteiger partial charge >= 0.3 is 0 Å². The van der Waals surface area contributed by atoms with Gasteiger partial charge in [-0.05, 0) is 25.8 Å². The summed E-state index contributed by atoms with van der Waals surface area (Å²) in [5, 5.41) is 6.84. The number of rotatable bonds is 4. The summed E-state index contributed by atoms with van der Waals surface area (Å²) in [5.41, 5.74) is 0.785. The molecule has 1 saturated heterocycles. The lowest BCUT2D eigenvalue weighted by Crippen LogP contribution is -2.48. The molecule has 1 atom stereocenters. The molecular weight excluding hydrogens is 282 g/mol. The molecule has 0 aromatic carbocycles. The zero-order valence-corrected chi connectivity index (χ0v) is 12.5. The van der Waals surface area contributed by atoms with Gasteiger partial charge in [0, 0.05) is 37.6 Å². The summed E-state index contributed by atoms with van der Waals surface area (Å²) in [4.78, 5) is 22.7. The van der Waals surface area contributed by atoms with E-state index in [4.69, 9.17) is 4.52 Å². The molecule has 2 aromatic rings. The molecule has 1 unspecified atom stereocenters. The number of hydrogen-bond acceptors (Lipinski definition) is 6. The van der Waals surface area contributed by atoms with Crippen molar-refractivity contribution in [1.82, 2.24) is 20.4 Å². The van der Waals surface area contributed by atoms with E-state index in [9.17, 15) is 4.79 Å². The summed E-state index contributed by atoms with van der Waals surface area (Å²) in [7, 11) is 0. The fraction of sp³-hybridized carbons (Fsp3) is 0.467. The third-order valence-corrected chi connectivity index (χ3v) is 3.63. The largest absolute Gasteiger partial charge is 0.361 e. The average molecular weight is 301 g/mol. The Morgan fingerprint density at radius 3 is 3.00 bits per heavy atom. The molecule has 1 amide bonds. The van der Waals surface area contributed by atoms with Crippen molar-refractivity contribution in [3.63, 3.8) is 0 Å². The number of nitrogens with one attached hydrogen (secondary N) is 1. The molecule has 7 heteroatoms. The van der Waals surface area contributed by atoms with Crippen LogP contribution in [-0.2, 0) is 11.2 Å². The van der Waals surface area contributed by atoms with Crippen LogP contribution < -0.4 is 10.2 Å². The van der Waals surface area contributed by atoms with Crippen LogP contribution in [0.15, 0.2) is 29.0 Å². The van der Waals surface area contributed by atoms with Crippen LogP contribution in [0.25, 0.3) is 0 Å². The number of carbonyl (C=O) groups excluding carboxylic acids is 1. The molecule has 1 aliphatic rings. The second-order valence-electron chi connectivity index (χ2n) is 5.51. The third kappa shape index (κ3) is 3.60. The van der Waals surface area contributed by atoms with E-state index < -0.39 is 0 Å². The SMILES string of the molecule is Cc1cc(CC(=O)NC2CCCN(c3ncccn3)C2)on1. The van der Waals surface area contributed by atoms with Gasteiger partial charge in [-0.1, -0.05) is 5.16 Å². The van der Waals surface area contributed by atoms with Crippen molar-refractivity contribution >= 4 is 11.9 Å². The monoisotopic (exact) mass is 301 g/mol. The maximum absolute atomic E-state index is 12.1. The predicted octanol–water partition coefficient (Wildman–Crippen LogP) is 1.10. The highest BCUT2D eigenvalue weighted by atomic mass is 16.5. The molecule has 1 N–H and O–H groups in total. The van der Waals surface area contributed by atoms with Gasteiger partial charge in [0.25, 0.3) is 0 Å². The second-order valence-corrected chi connectivity index (χ2v) is 5.51. The zero-order chi connectivity index (χ0) is 15.4. The molecule has 0 spiro atoms. The summed E-state index contributed by atoms with van der Waals surface area (Å²) in [5.74, 6) is 1.26. The minimum absolute atomic E-state index is 0.0445. The van der Waals surface area contributed by atoms with Crippen LogP contribution in [0, 0.1) is 6.92 Å². The standard InChI is InChI=1S/C15H19N5O2/c1-11-8-13(22-19-11)9-14(21)18-12-4-2-7-20(10-12)15-16-5-3-6-17-15/h3,5-6,8,12H,2,4,7,9-10H2,1H3,(H,18,21). The molecular formula is C15H19N5O2. The molecule has 0 radical (unpaired) electrons. The van der Waals surface area contributed by atoms with Gasteiger partial charge in [0.05, 0.1) is 12.1 Å². The second kappa shape index (κ2) is 6.55. The zero-order valence-electron chi connectivity index (χ0n) is 12.5. The van der Waals surface area contributed by atoms with Gasteiger partial charge in [-0.2, -0.15) is 0 Å². The molecule has 2 aromatic heterocycles. The Bertz CT molecular complexity index is 628. The number of aromatic nitrogens is 3. The van der Waals surface area contributed by atoms with Crippen LogP contribution in [0.4, 0.5) is 5.95 Å². The van der Waals surface area contributed by atoms with Crippen molar-refractivity contribution in [3.8, 4) is 0 Å². The molecule has 116 valence electrons. The van der Waals surface area contributed by atoms with E-state index in [0.29, 0.717) is 11.7 Å². The Hall–Kier alpha value is -2.44. The first-order valence-electron chi connectivity index (χ1n) is 7.44.